The van der Waals surface area contributed by atoms with Gasteiger partial charge in [0.2, 0.25) is 15.7 Å². The van der Waals surface area contributed by atoms with Crippen LogP contribution in [0.3, 0.4) is 0 Å². The van der Waals surface area contributed by atoms with Crippen molar-refractivity contribution in [3.8, 4) is 0 Å². The smallest absolute Gasteiger partial charge is 0.225 e. The lowest BCUT2D eigenvalue weighted by Gasteiger charge is -2.24. The maximum absolute atomic E-state index is 13.6. The van der Waals surface area contributed by atoms with Gasteiger partial charge in [0.15, 0.2) is 0 Å². The highest BCUT2D eigenvalue weighted by atomic mass is 79.9. The molecular formula is C20H15BrFNO3S2. The van der Waals surface area contributed by atoms with E-state index in [4.69, 9.17) is 0 Å². The molecule has 1 aliphatic heterocycles. The van der Waals surface area contributed by atoms with Gasteiger partial charge in [0, 0.05) is 22.6 Å². The molecule has 0 bridgehead atoms. The number of rotatable bonds is 3. The summed E-state index contributed by atoms with van der Waals surface area (Å²) in [5.41, 5.74) is 1.92. The zero-order chi connectivity index (χ0) is 20.1. The van der Waals surface area contributed by atoms with Gasteiger partial charge in [-0.3, -0.25) is 4.79 Å². The first-order valence-electron chi connectivity index (χ1n) is 8.45. The summed E-state index contributed by atoms with van der Waals surface area (Å²) < 4.78 is 40.3. The van der Waals surface area contributed by atoms with Gasteiger partial charge < -0.3 is 5.32 Å². The second-order valence-corrected chi connectivity index (χ2v) is 10.3. The number of hydrogen-bond acceptors (Lipinski definition) is 4. The van der Waals surface area contributed by atoms with E-state index in [1.54, 1.807) is 35.7 Å². The van der Waals surface area contributed by atoms with Crippen molar-refractivity contribution in [2.75, 3.05) is 5.32 Å². The SMILES string of the molecule is Cc1cccc(S(=O)(=O)c2csc3c2NC(=O)C[C@H]3c2ccc(F)c(Br)c2)c1. The van der Waals surface area contributed by atoms with Gasteiger partial charge in [0.1, 0.15) is 10.7 Å². The Labute approximate surface area is 174 Å². The Hall–Kier alpha value is -2.03. The van der Waals surface area contributed by atoms with E-state index in [0.29, 0.717) is 10.2 Å². The molecule has 8 heteroatoms. The van der Waals surface area contributed by atoms with Crippen LogP contribution in [0.4, 0.5) is 10.1 Å². The van der Waals surface area contributed by atoms with E-state index in [0.717, 1.165) is 16.0 Å². The van der Waals surface area contributed by atoms with Crippen LogP contribution in [0.15, 0.2) is 62.1 Å². The molecule has 1 aromatic heterocycles. The number of anilines is 1. The predicted molar refractivity (Wildman–Crippen MR) is 110 cm³/mol. The number of halogens is 2. The molecule has 0 radical (unpaired) electrons. The van der Waals surface area contributed by atoms with Crippen LogP contribution < -0.4 is 5.32 Å². The molecule has 1 aliphatic rings. The number of amides is 1. The van der Waals surface area contributed by atoms with E-state index < -0.39 is 15.7 Å². The van der Waals surface area contributed by atoms with E-state index >= 15 is 0 Å². The molecule has 0 saturated carbocycles. The highest BCUT2D eigenvalue weighted by Crippen LogP contribution is 2.46. The van der Waals surface area contributed by atoms with Crippen LogP contribution in [-0.4, -0.2) is 14.3 Å². The summed E-state index contributed by atoms with van der Waals surface area (Å²) >= 11 is 4.46. The highest BCUT2D eigenvalue weighted by molar-refractivity contribution is 9.10. The number of aryl methyl sites for hydroxylation is 1. The third kappa shape index (κ3) is 3.29. The van der Waals surface area contributed by atoms with Crippen molar-refractivity contribution < 1.29 is 17.6 Å². The number of hydrogen-bond donors (Lipinski definition) is 1. The van der Waals surface area contributed by atoms with Gasteiger partial charge in [-0.05, 0) is 58.2 Å². The monoisotopic (exact) mass is 479 g/mol. The number of benzene rings is 2. The summed E-state index contributed by atoms with van der Waals surface area (Å²) in [6, 6.07) is 11.3. The first-order chi connectivity index (χ1) is 13.3. The second kappa shape index (κ2) is 7.09. The van der Waals surface area contributed by atoms with Crippen molar-refractivity contribution in [3.63, 3.8) is 0 Å². The number of carbonyl (C=O) groups is 1. The first-order valence-corrected chi connectivity index (χ1v) is 11.6. The molecule has 4 nitrogen and oxygen atoms in total. The van der Waals surface area contributed by atoms with Crippen LogP contribution in [0.5, 0.6) is 0 Å². The summed E-state index contributed by atoms with van der Waals surface area (Å²) in [6.07, 6.45) is 0.176. The Morgan fingerprint density at radius 3 is 2.71 bits per heavy atom. The van der Waals surface area contributed by atoms with Crippen molar-refractivity contribution >= 4 is 48.7 Å². The van der Waals surface area contributed by atoms with Gasteiger partial charge in [-0.1, -0.05) is 18.2 Å². The highest BCUT2D eigenvalue weighted by Gasteiger charge is 2.34. The minimum atomic E-state index is -3.78. The Morgan fingerprint density at radius 1 is 1.21 bits per heavy atom. The summed E-state index contributed by atoms with van der Waals surface area (Å²) in [6.45, 7) is 1.83. The Balaban J connectivity index is 1.84. The average molecular weight is 480 g/mol. The molecule has 1 amide bonds. The first kappa shape index (κ1) is 19.3. The quantitative estimate of drug-likeness (QED) is 0.556. The molecule has 0 unspecified atom stereocenters. The third-order valence-corrected chi connectivity index (χ3v) is 8.32. The molecule has 0 fully saturated rings. The molecule has 0 aliphatic carbocycles. The van der Waals surface area contributed by atoms with Crippen molar-refractivity contribution in [1.82, 2.24) is 0 Å². The normalized spacial score (nSPS) is 16.5. The standard InChI is InChI=1S/C20H15BrFNO3S2/c1-11-3-2-4-13(7-11)28(25,26)17-10-27-20-14(9-18(24)23-19(17)20)12-5-6-16(22)15(21)8-12/h2-8,10,14H,9H2,1H3,(H,23,24)/t14-/m0/s1. The van der Waals surface area contributed by atoms with Crippen LogP contribution in [-0.2, 0) is 14.6 Å². The van der Waals surface area contributed by atoms with Gasteiger partial charge >= 0.3 is 0 Å². The third-order valence-electron chi connectivity index (χ3n) is 4.69. The van der Waals surface area contributed by atoms with Crippen molar-refractivity contribution in [2.24, 2.45) is 0 Å². The summed E-state index contributed by atoms with van der Waals surface area (Å²) in [5, 5.41) is 4.30. The number of fused-ring (bicyclic) bond motifs is 1. The second-order valence-electron chi connectivity index (χ2n) is 6.64. The molecule has 2 aromatic carbocycles. The van der Waals surface area contributed by atoms with Crippen LogP contribution in [0.25, 0.3) is 0 Å². The molecule has 3 aromatic rings. The Bertz CT molecular complexity index is 1200. The number of carbonyl (C=O) groups excluding carboxylic acids is 1. The fraction of sp³-hybridized carbons (Fsp3) is 0.150. The van der Waals surface area contributed by atoms with E-state index in [1.165, 1.54) is 17.4 Å². The van der Waals surface area contributed by atoms with Crippen LogP contribution >= 0.6 is 27.3 Å². The van der Waals surface area contributed by atoms with Crippen LogP contribution in [0.2, 0.25) is 0 Å². The topological polar surface area (TPSA) is 63.2 Å². The van der Waals surface area contributed by atoms with Crippen molar-refractivity contribution in [1.29, 1.82) is 0 Å². The molecule has 144 valence electrons. The van der Waals surface area contributed by atoms with Crippen molar-refractivity contribution in [2.45, 2.75) is 29.1 Å². The lowest BCUT2D eigenvalue weighted by molar-refractivity contribution is -0.116. The largest absolute Gasteiger partial charge is 0.324 e. The number of nitrogens with one attached hydrogen (secondary N) is 1. The van der Waals surface area contributed by atoms with Gasteiger partial charge in [-0.2, -0.15) is 0 Å². The molecule has 1 atom stereocenters. The lowest BCUT2D eigenvalue weighted by Crippen LogP contribution is -2.23. The predicted octanol–water partition coefficient (Wildman–Crippen LogP) is 5.27. The molecule has 2 heterocycles. The number of sulfone groups is 1. The molecule has 4 rings (SSSR count). The van der Waals surface area contributed by atoms with Crippen LogP contribution in [0.1, 0.15) is 28.3 Å². The molecular weight excluding hydrogens is 465 g/mol. The summed E-state index contributed by atoms with van der Waals surface area (Å²) in [7, 11) is -3.78. The zero-order valence-corrected chi connectivity index (χ0v) is 17.9. The van der Waals surface area contributed by atoms with E-state index in [2.05, 4.69) is 21.2 Å². The maximum Gasteiger partial charge on any atom is 0.225 e. The fourth-order valence-corrected chi connectivity index (χ4v) is 6.72. The van der Waals surface area contributed by atoms with Gasteiger partial charge in [-0.15, -0.1) is 11.3 Å². The zero-order valence-electron chi connectivity index (χ0n) is 14.7. The lowest BCUT2D eigenvalue weighted by atomic mass is 9.91. The Kier molecular flexibility index (Phi) is 4.89. The van der Waals surface area contributed by atoms with E-state index in [1.807, 2.05) is 13.0 Å². The average Bonchev–Trinajstić information content (AvgIpc) is 3.08. The summed E-state index contributed by atoms with van der Waals surface area (Å²) in [5.74, 6) is -0.984. The Morgan fingerprint density at radius 2 is 2.00 bits per heavy atom. The van der Waals surface area contributed by atoms with Gasteiger partial charge in [0.05, 0.1) is 15.1 Å². The molecule has 1 N–H and O–H groups in total. The van der Waals surface area contributed by atoms with Crippen LogP contribution in [0, 0.1) is 12.7 Å². The summed E-state index contributed by atoms with van der Waals surface area (Å²) in [4.78, 5) is 13.4. The maximum atomic E-state index is 13.6. The van der Waals surface area contributed by atoms with Gasteiger partial charge in [0.25, 0.3) is 0 Å². The van der Waals surface area contributed by atoms with Crippen molar-refractivity contribution in [3.05, 3.63) is 74.1 Å². The minimum Gasteiger partial charge on any atom is -0.324 e. The minimum absolute atomic E-state index is 0.0947. The molecule has 0 saturated heterocycles. The number of thiophene rings is 1. The van der Waals surface area contributed by atoms with E-state index in [-0.39, 0.29) is 28.0 Å². The van der Waals surface area contributed by atoms with Gasteiger partial charge in [-0.25, -0.2) is 12.8 Å². The fourth-order valence-electron chi connectivity index (χ4n) is 3.31. The molecule has 0 spiro atoms. The molecule has 28 heavy (non-hydrogen) atoms. The van der Waals surface area contributed by atoms with E-state index in [9.17, 15) is 17.6 Å².